The summed E-state index contributed by atoms with van der Waals surface area (Å²) in [7, 11) is 0. The van der Waals surface area contributed by atoms with Crippen molar-refractivity contribution in [1.29, 1.82) is 0 Å². The monoisotopic (exact) mass is 389 g/mol. The predicted octanol–water partition coefficient (Wildman–Crippen LogP) is 5.41. The molecule has 3 aromatic carbocycles. The third kappa shape index (κ3) is 6.11. The van der Waals surface area contributed by atoms with Crippen molar-refractivity contribution in [2.24, 2.45) is 0 Å². The van der Waals surface area contributed by atoms with Gasteiger partial charge in [-0.15, -0.1) is 0 Å². The summed E-state index contributed by atoms with van der Waals surface area (Å²) in [5.41, 5.74) is 2.93. The molecule has 0 aliphatic rings. The van der Waals surface area contributed by atoms with E-state index in [0.29, 0.717) is 18.7 Å². The van der Waals surface area contributed by atoms with Gasteiger partial charge < -0.3 is 14.8 Å². The van der Waals surface area contributed by atoms with Crippen LogP contribution < -0.4 is 14.8 Å². The minimum atomic E-state index is -0.557. The number of hydrogen-bond donors (Lipinski definition) is 1. The highest BCUT2D eigenvalue weighted by Gasteiger charge is 2.19. The van der Waals surface area contributed by atoms with E-state index in [4.69, 9.17) is 9.47 Å². The minimum Gasteiger partial charge on any atom is -0.493 e. The van der Waals surface area contributed by atoms with Crippen LogP contribution in [0.4, 0.5) is 5.69 Å². The largest absolute Gasteiger partial charge is 0.493 e. The molecular weight excluding hydrogens is 362 g/mol. The molecule has 0 saturated heterocycles. The lowest BCUT2D eigenvalue weighted by atomic mass is 10.2. The Kier molecular flexibility index (Phi) is 7.28. The molecule has 0 fully saturated rings. The van der Waals surface area contributed by atoms with Crippen molar-refractivity contribution in [1.82, 2.24) is 0 Å². The third-order valence-corrected chi connectivity index (χ3v) is 4.63. The maximum Gasteiger partial charge on any atom is 0.265 e. The molecule has 0 spiro atoms. The molecule has 3 aromatic rings. The third-order valence-electron chi connectivity index (χ3n) is 4.63. The molecule has 29 heavy (non-hydrogen) atoms. The molecular formula is C25H27NO3. The first-order chi connectivity index (χ1) is 14.2. The zero-order chi connectivity index (χ0) is 20.5. The number of benzene rings is 3. The van der Waals surface area contributed by atoms with Gasteiger partial charge >= 0.3 is 0 Å². The number of nitrogens with one attached hydrogen (secondary N) is 1. The highest BCUT2D eigenvalue weighted by atomic mass is 16.5. The van der Waals surface area contributed by atoms with Gasteiger partial charge in [0, 0.05) is 18.2 Å². The van der Waals surface area contributed by atoms with Crippen LogP contribution in [0, 0.1) is 6.92 Å². The Balaban J connectivity index is 1.56. The van der Waals surface area contributed by atoms with Gasteiger partial charge in [-0.05, 0) is 42.7 Å². The first-order valence-electron chi connectivity index (χ1n) is 9.95. The van der Waals surface area contributed by atoms with E-state index in [0.717, 1.165) is 23.5 Å². The molecule has 0 radical (unpaired) electrons. The number of rotatable bonds is 9. The van der Waals surface area contributed by atoms with Crippen LogP contribution in [-0.2, 0) is 11.2 Å². The normalized spacial score (nSPS) is 11.5. The van der Waals surface area contributed by atoms with Gasteiger partial charge in [0.25, 0.3) is 5.91 Å². The number of hydrogen-bond acceptors (Lipinski definition) is 3. The summed E-state index contributed by atoms with van der Waals surface area (Å²) in [6.07, 6.45) is 0.853. The average Bonchev–Trinajstić information content (AvgIpc) is 2.74. The lowest BCUT2D eigenvalue weighted by Gasteiger charge is -2.19. The average molecular weight is 389 g/mol. The van der Waals surface area contributed by atoms with E-state index in [1.165, 1.54) is 5.56 Å². The minimum absolute atomic E-state index is 0.169. The van der Waals surface area contributed by atoms with E-state index in [-0.39, 0.29) is 5.91 Å². The number of amides is 1. The van der Waals surface area contributed by atoms with E-state index in [9.17, 15) is 4.79 Å². The van der Waals surface area contributed by atoms with Gasteiger partial charge in [-0.3, -0.25) is 4.79 Å². The van der Waals surface area contributed by atoms with Crippen LogP contribution in [0.5, 0.6) is 11.5 Å². The Labute approximate surface area is 172 Å². The van der Waals surface area contributed by atoms with Crippen LogP contribution in [0.25, 0.3) is 0 Å². The molecule has 0 aliphatic heterocycles. The number of para-hydroxylation sites is 1. The molecule has 1 N–H and O–H groups in total. The van der Waals surface area contributed by atoms with Gasteiger partial charge in [0.05, 0.1) is 6.61 Å². The van der Waals surface area contributed by atoms with E-state index in [1.54, 1.807) is 0 Å². The van der Waals surface area contributed by atoms with Crippen molar-refractivity contribution in [3.05, 3.63) is 90.0 Å². The van der Waals surface area contributed by atoms with Crippen molar-refractivity contribution < 1.29 is 14.3 Å². The summed E-state index contributed by atoms with van der Waals surface area (Å²) >= 11 is 0. The van der Waals surface area contributed by atoms with Crippen LogP contribution in [0.3, 0.4) is 0 Å². The summed E-state index contributed by atoms with van der Waals surface area (Å²) in [6.45, 7) is 4.48. The second-order valence-corrected chi connectivity index (χ2v) is 6.88. The molecule has 1 atom stereocenters. The Morgan fingerprint density at radius 2 is 1.72 bits per heavy atom. The van der Waals surface area contributed by atoms with E-state index >= 15 is 0 Å². The molecule has 0 saturated carbocycles. The molecule has 0 aliphatic carbocycles. The highest BCUT2D eigenvalue weighted by Crippen LogP contribution is 2.21. The fraction of sp³-hybridized carbons (Fsp3) is 0.240. The van der Waals surface area contributed by atoms with Gasteiger partial charge in [-0.2, -0.15) is 0 Å². The highest BCUT2D eigenvalue weighted by molar-refractivity contribution is 5.94. The van der Waals surface area contributed by atoms with Crippen LogP contribution in [0.1, 0.15) is 24.5 Å². The maximum atomic E-state index is 12.7. The van der Waals surface area contributed by atoms with Crippen LogP contribution >= 0.6 is 0 Å². The van der Waals surface area contributed by atoms with Crippen LogP contribution in [0.15, 0.2) is 78.9 Å². The molecule has 150 valence electrons. The van der Waals surface area contributed by atoms with Crippen LogP contribution in [-0.4, -0.2) is 18.6 Å². The maximum absolute atomic E-state index is 12.7. The summed E-state index contributed by atoms with van der Waals surface area (Å²) < 4.78 is 11.8. The lowest BCUT2D eigenvalue weighted by Crippen LogP contribution is -2.32. The van der Waals surface area contributed by atoms with Crippen molar-refractivity contribution in [2.75, 3.05) is 11.9 Å². The molecule has 0 heterocycles. The Morgan fingerprint density at radius 1 is 0.966 bits per heavy atom. The quantitative estimate of drug-likeness (QED) is 0.532. The predicted molar refractivity (Wildman–Crippen MR) is 117 cm³/mol. The summed E-state index contributed by atoms with van der Waals surface area (Å²) in [4.78, 5) is 12.7. The number of aryl methyl sites for hydroxylation is 1. The Morgan fingerprint density at radius 3 is 2.48 bits per heavy atom. The van der Waals surface area contributed by atoms with Crippen molar-refractivity contribution in [3.63, 3.8) is 0 Å². The van der Waals surface area contributed by atoms with Gasteiger partial charge in [0.15, 0.2) is 6.10 Å². The lowest BCUT2D eigenvalue weighted by molar-refractivity contribution is -0.122. The Hall–Kier alpha value is -3.27. The van der Waals surface area contributed by atoms with Crippen LogP contribution in [0.2, 0.25) is 0 Å². The molecule has 4 heteroatoms. The van der Waals surface area contributed by atoms with E-state index in [2.05, 4.69) is 17.4 Å². The number of anilines is 1. The number of carbonyl (C=O) groups is 1. The first kappa shape index (κ1) is 20.5. The second kappa shape index (κ2) is 10.3. The van der Waals surface area contributed by atoms with Crippen molar-refractivity contribution >= 4 is 11.6 Å². The number of ether oxygens (including phenoxy) is 2. The molecule has 0 aromatic heterocycles. The first-order valence-corrected chi connectivity index (χ1v) is 9.95. The fourth-order valence-corrected chi connectivity index (χ4v) is 2.98. The number of carbonyl (C=O) groups excluding carboxylic acids is 1. The van der Waals surface area contributed by atoms with Gasteiger partial charge in [-0.1, -0.05) is 61.5 Å². The van der Waals surface area contributed by atoms with Crippen molar-refractivity contribution in [3.8, 4) is 11.5 Å². The topological polar surface area (TPSA) is 47.6 Å². The molecule has 3 rings (SSSR count). The zero-order valence-electron chi connectivity index (χ0n) is 16.9. The summed E-state index contributed by atoms with van der Waals surface area (Å²) in [5, 5.41) is 2.94. The van der Waals surface area contributed by atoms with E-state index < -0.39 is 6.10 Å². The molecule has 1 unspecified atom stereocenters. The van der Waals surface area contributed by atoms with E-state index in [1.807, 2.05) is 80.6 Å². The summed E-state index contributed by atoms with van der Waals surface area (Å²) in [5.74, 6) is 1.29. The molecule has 1 amide bonds. The Bertz CT molecular complexity index is 924. The second-order valence-electron chi connectivity index (χ2n) is 6.88. The van der Waals surface area contributed by atoms with Gasteiger partial charge in [0.2, 0.25) is 0 Å². The van der Waals surface area contributed by atoms with Gasteiger partial charge in [-0.25, -0.2) is 0 Å². The fourth-order valence-electron chi connectivity index (χ4n) is 2.98. The summed E-state index contributed by atoms with van der Waals surface area (Å²) in [6, 6.07) is 25.4. The van der Waals surface area contributed by atoms with Gasteiger partial charge in [0.1, 0.15) is 11.5 Å². The zero-order valence-corrected chi connectivity index (χ0v) is 16.9. The molecule has 4 nitrogen and oxygen atoms in total. The van der Waals surface area contributed by atoms with Crippen molar-refractivity contribution in [2.45, 2.75) is 32.8 Å². The molecule has 0 bridgehead atoms. The standard InChI is InChI=1S/C25H27NO3/c1-3-23(29-24-15-8-7-10-19(24)2)25(27)26-21-13-9-14-22(18-21)28-17-16-20-11-5-4-6-12-20/h4-15,18,23H,3,16-17H2,1-2H3,(H,26,27). The smallest absolute Gasteiger partial charge is 0.265 e. The SMILES string of the molecule is CCC(Oc1ccccc1C)C(=O)Nc1cccc(OCCc2ccccc2)c1.